The Morgan fingerprint density at radius 2 is 1.78 bits per heavy atom. The standard InChI is InChI=1S/C26H28N6/c1-17-16-32(18(2)14-28-17)26-29-15-22-12-23(20-6-4-3-5-7-20)24(30-25(22)31-26)21-10-8-19(13-27)9-11-21/h3-12,15,17-18,28H,13-14,16,27H2,1-2H3. The number of hydrogen-bond donors (Lipinski definition) is 2. The van der Waals surface area contributed by atoms with E-state index in [9.17, 15) is 0 Å². The second-order valence-electron chi connectivity index (χ2n) is 8.55. The predicted octanol–water partition coefficient (Wildman–Crippen LogP) is 4.00. The lowest BCUT2D eigenvalue weighted by Gasteiger charge is -2.37. The first-order valence-corrected chi connectivity index (χ1v) is 11.1. The van der Waals surface area contributed by atoms with Crippen molar-refractivity contribution in [1.82, 2.24) is 20.3 Å². The topological polar surface area (TPSA) is 80.0 Å². The normalized spacial score (nSPS) is 18.8. The Labute approximate surface area is 188 Å². The molecule has 1 fully saturated rings. The Hall–Kier alpha value is -3.35. The number of nitrogens with zero attached hydrogens (tertiary/aromatic N) is 4. The smallest absolute Gasteiger partial charge is 0.227 e. The van der Waals surface area contributed by atoms with Gasteiger partial charge in [0.15, 0.2) is 5.65 Å². The highest BCUT2D eigenvalue weighted by atomic mass is 15.3. The zero-order chi connectivity index (χ0) is 22.1. The van der Waals surface area contributed by atoms with Gasteiger partial charge in [0.2, 0.25) is 5.95 Å². The first kappa shape index (κ1) is 20.5. The van der Waals surface area contributed by atoms with Crippen molar-refractivity contribution in [3.8, 4) is 22.4 Å². The third-order valence-electron chi connectivity index (χ3n) is 6.12. The number of benzene rings is 2. The fraction of sp³-hybridized carbons (Fsp3) is 0.269. The number of anilines is 1. The molecule has 5 rings (SSSR count). The fourth-order valence-electron chi connectivity index (χ4n) is 4.25. The van der Waals surface area contributed by atoms with Crippen molar-refractivity contribution in [3.05, 3.63) is 72.4 Å². The zero-order valence-electron chi connectivity index (χ0n) is 18.5. The van der Waals surface area contributed by atoms with Crippen molar-refractivity contribution < 1.29 is 0 Å². The summed E-state index contributed by atoms with van der Waals surface area (Å²) in [4.78, 5) is 16.9. The Morgan fingerprint density at radius 3 is 2.53 bits per heavy atom. The molecule has 6 nitrogen and oxygen atoms in total. The highest BCUT2D eigenvalue weighted by molar-refractivity contribution is 5.90. The highest BCUT2D eigenvalue weighted by Crippen LogP contribution is 2.33. The van der Waals surface area contributed by atoms with Crippen LogP contribution in [0.3, 0.4) is 0 Å². The van der Waals surface area contributed by atoms with Crippen LogP contribution in [0.15, 0.2) is 66.9 Å². The lowest BCUT2D eigenvalue weighted by molar-refractivity contribution is 0.420. The molecule has 2 unspecified atom stereocenters. The van der Waals surface area contributed by atoms with Crippen molar-refractivity contribution in [3.63, 3.8) is 0 Å². The van der Waals surface area contributed by atoms with Crippen LogP contribution >= 0.6 is 0 Å². The number of nitrogens with two attached hydrogens (primary N) is 1. The molecule has 0 spiro atoms. The van der Waals surface area contributed by atoms with Crippen LogP contribution in [0, 0.1) is 0 Å². The van der Waals surface area contributed by atoms with E-state index in [2.05, 4.69) is 66.5 Å². The Kier molecular flexibility index (Phi) is 5.55. The van der Waals surface area contributed by atoms with Crippen molar-refractivity contribution >= 4 is 17.0 Å². The number of piperazine rings is 1. The van der Waals surface area contributed by atoms with Crippen molar-refractivity contribution in [2.75, 3.05) is 18.0 Å². The average molecular weight is 425 g/mol. The fourth-order valence-corrected chi connectivity index (χ4v) is 4.25. The third-order valence-corrected chi connectivity index (χ3v) is 6.12. The average Bonchev–Trinajstić information content (AvgIpc) is 2.85. The van der Waals surface area contributed by atoms with Crippen LogP contribution in [0.2, 0.25) is 0 Å². The second kappa shape index (κ2) is 8.65. The Balaban J connectivity index is 1.65. The summed E-state index contributed by atoms with van der Waals surface area (Å²) in [6.07, 6.45) is 1.90. The quantitative estimate of drug-likeness (QED) is 0.515. The molecule has 1 saturated heterocycles. The maximum atomic E-state index is 5.80. The SMILES string of the molecule is CC1CN(c2ncc3cc(-c4ccccc4)c(-c4ccc(CN)cc4)nc3n2)C(C)CN1. The molecule has 1 aliphatic rings. The predicted molar refractivity (Wildman–Crippen MR) is 130 cm³/mol. The minimum absolute atomic E-state index is 0.329. The van der Waals surface area contributed by atoms with Crippen LogP contribution in [0.4, 0.5) is 5.95 Å². The van der Waals surface area contributed by atoms with Gasteiger partial charge < -0.3 is 16.0 Å². The molecule has 6 heteroatoms. The lowest BCUT2D eigenvalue weighted by Crippen LogP contribution is -2.55. The van der Waals surface area contributed by atoms with Gasteiger partial charge in [0.25, 0.3) is 0 Å². The van der Waals surface area contributed by atoms with Gasteiger partial charge in [0.1, 0.15) is 0 Å². The van der Waals surface area contributed by atoms with Crippen molar-refractivity contribution in [2.45, 2.75) is 32.5 Å². The number of fused-ring (bicyclic) bond motifs is 1. The largest absolute Gasteiger partial charge is 0.335 e. The minimum Gasteiger partial charge on any atom is -0.335 e. The van der Waals surface area contributed by atoms with Gasteiger partial charge in [-0.15, -0.1) is 0 Å². The van der Waals surface area contributed by atoms with Crippen molar-refractivity contribution in [2.24, 2.45) is 5.73 Å². The molecule has 0 bridgehead atoms. The summed E-state index contributed by atoms with van der Waals surface area (Å²) < 4.78 is 0. The van der Waals surface area contributed by atoms with Gasteiger partial charge in [0.05, 0.1) is 5.69 Å². The van der Waals surface area contributed by atoms with E-state index in [0.29, 0.717) is 24.3 Å². The number of nitrogens with one attached hydrogen (secondary N) is 1. The van der Waals surface area contributed by atoms with Gasteiger partial charge in [0, 0.05) is 54.4 Å². The van der Waals surface area contributed by atoms with E-state index in [1.165, 1.54) is 0 Å². The van der Waals surface area contributed by atoms with E-state index in [0.717, 1.165) is 52.4 Å². The van der Waals surface area contributed by atoms with E-state index in [1.54, 1.807) is 0 Å². The molecule has 2 aromatic carbocycles. The summed E-state index contributed by atoms with van der Waals surface area (Å²) in [5.41, 5.74) is 11.8. The van der Waals surface area contributed by atoms with Gasteiger partial charge in [-0.1, -0.05) is 54.6 Å². The van der Waals surface area contributed by atoms with Gasteiger partial charge in [-0.05, 0) is 31.0 Å². The lowest BCUT2D eigenvalue weighted by atomic mass is 9.98. The van der Waals surface area contributed by atoms with Gasteiger partial charge >= 0.3 is 0 Å². The van der Waals surface area contributed by atoms with Gasteiger partial charge in [-0.3, -0.25) is 0 Å². The summed E-state index contributed by atoms with van der Waals surface area (Å²) in [5.74, 6) is 0.739. The highest BCUT2D eigenvalue weighted by Gasteiger charge is 2.25. The van der Waals surface area contributed by atoms with E-state index >= 15 is 0 Å². The van der Waals surface area contributed by atoms with E-state index in [4.69, 9.17) is 20.7 Å². The molecule has 3 heterocycles. The molecule has 4 aromatic rings. The van der Waals surface area contributed by atoms with E-state index in [-0.39, 0.29) is 0 Å². The Bertz CT molecular complexity index is 1220. The molecule has 2 aromatic heterocycles. The first-order chi connectivity index (χ1) is 15.6. The monoisotopic (exact) mass is 424 g/mol. The number of hydrogen-bond acceptors (Lipinski definition) is 6. The molecule has 1 aliphatic heterocycles. The minimum atomic E-state index is 0.329. The first-order valence-electron chi connectivity index (χ1n) is 11.1. The van der Waals surface area contributed by atoms with Crippen LogP contribution in [0.1, 0.15) is 19.4 Å². The molecule has 162 valence electrons. The molecule has 0 aliphatic carbocycles. The summed E-state index contributed by atoms with van der Waals surface area (Å²) in [7, 11) is 0. The molecule has 0 saturated carbocycles. The number of rotatable bonds is 4. The van der Waals surface area contributed by atoms with Crippen molar-refractivity contribution in [1.29, 1.82) is 0 Å². The Morgan fingerprint density at radius 1 is 1.00 bits per heavy atom. The molecule has 3 N–H and O–H groups in total. The van der Waals surface area contributed by atoms with E-state index < -0.39 is 0 Å². The molecular formula is C26H28N6. The van der Waals surface area contributed by atoms with E-state index in [1.807, 2.05) is 24.4 Å². The molecule has 2 atom stereocenters. The van der Waals surface area contributed by atoms with Gasteiger partial charge in [-0.2, -0.15) is 4.98 Å². The molecule has 0 amide bonds. The zero-order valence-corrected chi connectivity index (χ0v) is 18.5. The summed E-state index contributed by atoms with van der Waals surface area (Å²) in [5, 5.41) is 4.45. The maximum absolute atomic E-state index is 5.80. The molecule has 32 heavy (non-hydrogen) atoms. The number of pyridine rings is 1. The molecule has 0 radical (unpaired) electrons. The molecular weight excluding hydrogens is 396 g/mol. The number of aromatic nitrogens is 3. The summed E-state index contributed by atoms with van der Waals surface area (Å²) in [6.45, 7) is 6.70. The van der Waals surface area contributed by atoms with Crippen LogP contribution in [0.25, 0.3) is 33.4 Å². The van der Waals surface area contributed by atoms with Crippen LogP contribution < -0.4 is 16.0 Å². The van der Waals surface area contributed by atoms with Gasteiger partial charge in [-0.25, -0.2) is 9.97 Å². The second-order valence-corrected chi connectivity index (χ2v) is 8.55. The maximum Gasteiger partial charge on any atom is 0.227 e. The summed E-state index contributed by atoms with van der Waals surface area (Å²) in [6, 6.07) is 21.5. The van der Waals surface area contributed by atoms with Crippen LogP contribution in [0.5, 0.6) is 0 Å². The van der Waals surface area contributed by atoms with Crippen LogP contribution in [-0.2, 0) is 6.54 Å². The summed E-state index contributed by atoms with van der Waals surface area (Å²) >= 11 is 0. The van der Waals surface area contributed by atoms with Crippen LogP contribution in [-0.4, -0.2) is 40.1 Å². The third kappa shape index (κ3) is 3.95.